The predicted molar refractivity (Wildman–Crippen MR) is 94.5 cm³/mol. The van der Waals surface area contributed by atoms with E-state index < -0.39 is 0 Å². The molecular weight excluding hydrogens is 310 g/mol. The number of piperazine rings is 1. The monoisotopic (exact) mass is 333 g/mol. The van der Waals surface area contributed by atoms with E-state index in [2.05, 4.69) is 11.9 Å². The standard InChI is InChI=1S/C17H23N3O2S/c1-11-14-8-13(22-3)4-5-15(14)23-16(11)17(21)20-7-6-19(2)10-12(20)9-18/h4-5,8,12H,6-7,9-10,18H2,1-3H3. The maximum Gasteiger partial charge on any atom is 0.264 e. The lowest BCUT2D eigenvalue weighted by Gasteiger charge is -2.39. The molecule has 124 valence electrons. The van der Waals surface area contributed by atoms with E-state index in [4.69, 9.17) is 10.5 Å². The third kappa shape index (κ3) is 2.94. The summed E-state index contributed by atoms with van der Waals surface area (Å²) in [6, 6.07) is 6.04. The number of nitrogens with zero attached hydrogens (tertiary/aromatic N) is 2. The normalized spacial score (nSPS) is 19.3. The molecule has 1 saturated heterocycles. The molecule has 1 aromatic heterocycles. The number of hydrogen-bond acceptors (Lipinski definition) is 5. The van der Waals surface area contributed by atoms with Crippen molar-refractivity contribution in [2.24, 2.45) is 5.73 Å². The van der Waals surface area contributed by atoms with Crippen LogP contribution >= 0.6 is 11.3 Å². The van der Waals surface area contributed by atoms with Crippen LogP contribution in [0.25, 0.3) is 10.1 Å². The van der Waals surface area contributed by atoms with Crippen molar-refractivity contribution in [1.82, 2.24) is 9.80 Å². The summed E-state index contributed by atoms with van der Waals surface area (Å²) in [7, 11) is 3.73. The second-order valence-electron chi connectivity index (χ2n) is 6.07. The van der Waals surface area contributed by atoms with Gasteiger partial charge in [-0.15, -0.1) is 11.3 Å². The quantitative estimate of drug-likeness (QED) is 0.932. The molecule has 5 nitrogen and oxygen atoms in total. The van der Waals surface area contributed by atoms with E-state index in [0.717, 1.165) is 45.9 Å². The lowest BCUT2D eigenvalue weighted by Crippen LogP contribution is -2.56. The molecule has 0 aliphatic carbocycles. The fraction of sp³-hybridized carbons (Fsp3) is 0.471. The molecule has 1 fully saturated rings. The Morgan fingerprint density at radius 1 is 1.43 bits per heavy atom. The molecule has 1 aliphatic rings. The van der Waals surface area contributed by atoms with Gasteiger partial charge in [0.1, 0.15) is 5.75 Å². The summed E-state index contributed by atoms with van der Waals surface area (Å²) in [6.07, 6.45) is 0. The molecule has 6 heteroatoms. The molecule has 0 bridgehead atoms. The van der Waals surface area contributed by atoms with E-state index in [1.807, 2.05) is 30.0 Å². The van der Waals surface area contributed by atoms with Crippen molar-refractivity contribution >= 4 is 27.3 Å². The highest BCUT2D eigenvalue weighted by molar-refractivity contribution is 7.21. The Labute approximate surface area is 140 Å². The van der Waals surface area contributed by atoms with Gasteiger partial charge in [-0.3, -0.25) is 4.79 Å². The molecular formula is C17H23N3O2S. The van der Waals surface area contributed by atoms with Gasteiger partial charge in [0, 0.05) is 30.9 Å². The lowest BCUT2D eigenvalue weighted by molar-refractivity contribution is 0.0520. The summed E-state index contributed by atoms with van der Waals surface area (Å²) in [5, 5.41) is 1.09. The molecule has 1 aromatic carbocycles. The number of ether oxygens (including phenoxy) is 1. The molecule has 0 saturated carbocycles. The van der Waals surface area contributed by atoms with E-state index in [1.165, 1.54) is 0 Å². The fourth-order valence-electron chi connectivity index (χ4n) is 3.14. The zero-order valence-corrected chi connectivity index (χ0v) is 14.7. The first kappa shape index (κ1) is 16.2. The van der Waals surface area contributed by atoms with Crippen LogP contribution in [0, 0.1) is 6.92 Å². The second kappa shape index (κ2) is 6.47. The van der Waals surface area contributed by atoms with E-state index in [1.54, 1.807) is 18.4 Å². The average molecular weight is 333 g/mol. The van der Waals surface area contributed by atoms with E-state index >= 15 is 0 Å². The second-order valence-corrected chi connectivity index (χ2v) is 7.12. The molecule has 3 rings (SSSR count). The van der Waals surface area contributed by atoms with Gasteiger partial charge in [-0.25, -0.2) is 0 Å². The predicted octanol–water partition coefficient (Wildman–Crippen LogP) is 1.93. The minimum absolute atomic E-state index is 0.0837. The van der Waals surface area contributed by atoms with Crippen LogP contribution in [0.5, 0.6) is 5.75 Å². The number of carbonyl (C=O) groups is 1. The van der Waals surface area contributed by atoms with Crippen LogP contribution in [-0.2, 0) is 0 Å². The topological polar surface area (TPSA) is 58.8 Å². The van der Waals surface area contributed by atoms with Crippen molar-refractivity contribution in [1.29, 1.82) is 0 Å². The van der Waals surface area contributed by atoms with Gasteiger partial charge in [0.05, 0.1) is 18.0 Å². The Balaban J connectivity index is 1.95. The number of benzene rings is 1. The SMILES string of the molecule is COc1ccc2sc(C(=O)N3CCN(C)CC3CN)c(C)c2c1. The molecule has 0 radical (unpaired) electrons. The molecule has 1 unspecified atom stereocenters. The smallest absolute Gasteiger partial charge is 0.264 e. The van der Waals surface area contributed by atoms with Gasteiger partial charge in [-0.2, -0.15) is 0 Å². The summed E-state index contributed by atoms with van der Waals surface area (Å²) in [5.74, 6) is 0.919. The van der Waals surface area contributed by atoms with Crippen molar-refractivity contribution in [2.75, 3.05) is 40.3 Å². The van der Waals surface area contributed by atoms with Crippen molar-refractivity contribution in [3.63, 3.8) is 0 Å². The van der Waals surface area contributed by atoms with Gasteiger partial charge in [-0.05, 0) is 43.1 Å². The number of hydrogen-bond donors (Lipinski definition) is 1. The van der Waals surface area contributed by atoms with Crippen LogP contribution in [0.1, 0.15) is 15.2 Å². The van der Waals surface area contributed by atoms with Crippen LogP contribution in [0.4, 0.5) is 0 Å². The van der Waals surface area contributed by atoms with Crippen molar-refractivity contribution in [3.05, 3.63) is 28.6 Å². The van der Waals surface area contributed by atoms with Gasteiger partial charge >= 0.3 is 0 Å². The van der Waals surface area contributed by atoms with Crippen LogP contribution in [-0.4, -0.2) is 62.1 Å². The number of methoxy groups -OCH3 is 1. The zero-order valence-electron chi connectivity index (χ0n) is 13.8. The van der Waals surface area contributed by atoms with Crippen LogP contribution < -0.4 is 10.5 Å². The number of rotatable bonds is 3. The largest absolute Gasteiger partial charge is 0.497 e. The zero-order chi connectivity index (χ0) is 16.6. The first-order valence-corrected chi connectivity index (χ1v) is 8.63. The Bertz CT molecular complexity index is 728. The van der Waals surface area contributed by atoms with Crippen LogP contribution in [0.3, 0.4) is 0 Å². The van der Waals surface area contributed by atoms with Gasteiger partial charge in [0.2, 0.25) is 0 Å². The van der Waals surface area contributed by atoms with Crippen LogP contribution in [0.2, 0.25) is 0 Å². The summed E-state index contributed by atoms with van der Waals surface area (Å²) >= 11 is 1.56. The lowest BCUT2D eigenvalue weighted by atomic mass is 10.1. The third-order valence-corrected chi connectivity index (χ3v) is 5.82. The summed E-state index contributed by atoms with van der Waals surface area (Å²) < 4.78 is 6.41. The number of thiophene rings is 1. The molecule has 1 atom stereocenters. The first-order chi connectivity index (χ1) is 11.0. The van der Waals surface area contributed by atoms with Crippen molar-refractivity contribution in [2.45, 2.75) is 13.0 Å². The number of amides is 1. The Kier molecular flexibility index (Phi) is 4.57. The highest BCUT2D eigenvalue weighted by atomic mass is 32.1. The minimum atomic E-state index is 0.0837. The Morgan fingerprint density at radius 3 is 2.91 bits per heavy atom. The number of aryl methyl sites for hydroxylation is 1. The molecule has 2 N–H and O–H groups in total. The fourth-order valence-corrected chi connectivity index (χ4v) is 4.29. The Morgan fingerprint density at radius 2 is 2.22 bits per heavy atom. The summed E-state index contributed by atoms with van der Waals surface area (Å²) in [6.45, 7) is 4.96. The van der Waals surface area contributed by atoms with Gasteiger partial charge < -0.3 is 20.3 Å². The Hall–Kier alpha value is -1.63. The van der Waals surface area contributed by atoms with Crippen LogP contribution in [0.15, 0.2) is 18.2 Å². The first-order valence-electron chi connectivity index (χ1n) is 7.82. The van der Waals surface area contributed by atoms with Gasteiger partial charge in [0.25, 0.3) is 5.91 Å². The average Bonchev–Trinajstić information content (AvgIpc) is 2.90. The molecule has 1 amide bonds. The van der Waals surface area contributed by atoms with Gasteiger partial charge in [0.15, 0.2) is 0 Å². The number of carbonyl (C=O) groups excluding carboxylic acids is 1. The highest BCUT2D eigenvalue weighted by Crippen LogP contribution is 2.34. The van der Waals surface area contributed by atoms with Crippen molar-refractivity contribution in [3.8, 4) is 5.75 Å². The highest BCUT2D eigenvalue weighted by Gasteiger charge is 2.30. The van der Waals surface area contributed by atoms with Gasteiger partial charge in [-0.1, -0.05) is 0 Å². The molecule has 2 heterocycles. The van der Waals surface area contributed by atoms with E-state index in [9.17, 15) is 4.79 Å². The summed E-state index contributed by atoms with van der Waals surface area (Å²) in [5.41, 5.74) is 6.92. The van der Waals surface area contributed by atoms with Crippen molar-refractivity contribution < 1.29 is 9.53 Å². The maximum atomic E-state index is 13.1. The molecule has 2 aromatic rings. The van der Waals surface area contributed by atoms with E-state index in [0.29, 0.717) is 6.54 Å². The number of likely N-dealkylation sites (N-methyl/N-ethyl adjacent to an activating group) is 1. The third-order valence-electron chi connectivity index (χ3n) is 4.56. The summed E-state index contributed by atoms with van der Waals surface area (Å²) in [4.78, 5) is 18.0. The number of fused-ring (bicyclic) bond motifs is 1. The maximum absolute atomic E-state index is 13.1. The molecule has 0 spiro atoms. The molecule has 1 aliphatic heterocycles. The van der Waals surface area contributed by atoms with E-state index in [-0.39, 0.29) is 11.9 Å². The number of nitrogens with two attached hydrogens (primary N) is 1. The molecule has 23 heavy (non-hydrogen) atoms. The minimum Gasteiger partial charge on any atom is -0.497 e.